The molecule has 28 heavy (non-hydrogen) atoms. The van der Waals surface area contributed by atoms with Crippen LogP contribution >= 0.6 is 7.26 Å². The van der Waals surface area contributed by atoms with Gasteiger partial charge in [0.2, 0.25) is 0 Å². The average Bonchev–Trinajstić information content (AvgIpc) is 2.74. The van der Waals surface area contributed by atoms with E-state index in [0.29, 0.717) is 18.4 Å². The first-order valence-electron chi connectivity index (χ1n) is 9.84. The zero-order valence-corrected chi connectivity index (χ0v) is 18.9. The van der Waals surface area contributed by atoms with E-state index in [2.05, 4.69) is 97.9 Å². The van der Waals surface area contributed by atoms with Crippen molar-refractivity contribution in [2.24, 2.45) is 0 Å². The molecule has 0 heterocycles. The molecule has 0 saturated heterocycles. The molecule has 0 N–H and O–H groups in total. The molecule has 0 bridgehead atoms. The van der Waals surface area contributed by atoms with Crippen molar-refractivity contribution in [3.8, 4) is 0 Å². The smallest absolute Gasteiger partial charge is 0.171 e. The van der Waals surface area contributed by atoms with Crippen LogP contribution in [0.5, 0.6) is 0 Å². The number of rotatable bonds is 9. The highest BCUT2D eigenvalue weighted by atomic mass is 79.9. The van der Waals surface area contributed by atoms with E-state index in [-0.39, 0.29) is 17.0 Å². The second-order valence-electron chi connectivity index (χ2n) is 6.97. The molecule has 0 atom stereocenters. The van der Waals surface area contributed by atoms with E-state index >= 15 is 0 Å². The zero-order valence-electron chi connectivity index (χ0n) is 16.4. The van der Waals surface area contributed by atoms with E-state index in [0.717, 1.165) is 19.3 Å². The van der Waals surface area contributed by atoms with Gasteiger partial charge >= 0.3 is 0 Å². The SMILES string of the molecule is CCCCCC(=O)C[P+](c1ccccc1)(c1ccccc1)c1ccccc1.[Br-]. The molecule has 0 amide bonds. The molecule has 0 aliphatic heterocycles. The third kappa shape index (κ3) is 5.19. The van der Waals surface area contributed by atoms with Crippen molar-refractivity contribution in [3.05, 3.63) is 91.0 Å². The number of carbonyl (C=O) groups is 1. The molecule has 3 heteroatoms. The Labute approximate surface area is 180 Å². The minimum atomic E-state index is -2.01. The van der Waals surface area contributed by atoms with Crippen molar-refractivity contribution in [1.29, 1.82) is 0 Å². The van der Waals surface area contributed by atoms with Gasteiger partial charge in [0.05, 0.1) is 0 Å². The minimum Gasteiger partial charge on any atom is -1.00 e. The Balaban J connectivity index is 0.00000280. The lowest BCUT2D eigenvalue weighted by Gasteiger charge is -2.27. The summed E-state index contributed by atoms with van der Waals surface area (Å²) in [5.74, 6) is 0.383. The van der Waals surface area contributed by atoms with Crippen LogP contribution in [0.15, 0.2) is 91.0 Å². The first-order chi connectivity index (χ1) is 13.3. The topological polar surface area (TPSA) is 17.1 Å². The van der Waals surface area contributed by atoms with Crippen LogP contribution in [-0.4, -0.2) is 11.9 Å². The Hall–Kier alpha value is -1.76. The van der Waals surface area contributed by atoms with Gasteiger partial charge in [-0.2, -0.15) is 0 Å². The van der Waals surface area contributed by atoms with E-state index < -0.39 is 7.26 Å². The van der Waals surface area contributed by atoms with E-state index in [4.69, 9.17) is 0 Å². The van der Waals surface area contributed by atoms with Crippen LogP contribution in [0.3, 0.4) is 0 Å². The highest BCUT2D eigenvalue weighted by Crippen LogP contribution is 2.55. The molecular formula is C25H28BrOP. The van der Waals surface area contributed by atoms with Crippen LogP contribution in [0.25, 0.3) is 0 Å². The highest BCUT2D eigenvalue weighted by Gasteiger charge is 2.46. The Bertz CT molecular complexity index is 738. The molecule has 0 aliphatic rings. The fraction of sp³-hybridized carbons (Fsp3) is 0.240. The number of hydrogen-bond donors (Lipinski definition) is 0. The van der Waals surface area contributed by atoms with Crippen molar-refractivity contribution in [3.63, 3.8) is 0 Å². The number of halogens is 1. The first kappa shape index (κ1) is 22.5. The molecule has 0 unspecified atom stereocenters. The van der Waals surface area contributed by atoms with Gasteiger partial charge in [0.1, 0.15) is 29.3 Å². The fourth-order valence-electron chi connectivity index (χ4n) is 3.68. The normalized spacial score (nSPS) is 10.9. The van der Waals surface area contributed by atoms with Gasteiger partial charge in [0.25, 0.3) is 0 Å². The number of hydrogen-bond acceptors (Lipinski definition) is 1. The maximum atomic E-state index is 13.1. The summed E-state index contributed by atoms with van der Waals surface area (Å²) in [7, 11) is -2.01. The van der Waals surface area contributed by atoms with Crippen molar-refractivity contribution in [1.82, 2.24) is 0 Å². The van der Waals surface area contributed by atoms with Crippen molar-refractivity contribution in [2.45, 2.75) is 32.6 Å². The number of Topliss-reactive ketones (excluding diaryl/α,β-unsaturated/α-hetero) is 1. The van der Waals surface area contributed by atoms with Crippen LogP contribution in [-0.2, 0) is 4.79 Å². The van der Waals surface area contributed by atoms with Crippen molar-refractivity contribution < 1.29 is 21.8 Å². The fourth-order valence-corrected chi connectivity index (χ4v) is 7.86. The maximum Gasteiger partial charge on any atom is 0.171 e. The van der Waals surface area contributed by atoms with Gasteiger partial charge in [0.15, 0.2) is 5.78 Å². The molecule has 0 fully saturated rings. The predicted molar refractivity (Wildman–Crippen MR) is 119 cm³/mol. The van der Waals surface area contributed by atoms with Gasteiger partial charge in [0, 0.05) is 6.42 Å². The molecule has 1 nitrogen and oxygen atoms in total. The summed E-state index contributed by atoms with van der Waals surface area (Å²) >= 11 is 0. The summed E-state index contributed by atoms with van der Waals surface area (Å²) in [6.07, 6.45) is 4.55. The van der Waals surface area contributed by atoms with Crippen molar-refractivity contribution in [2.75, 3.05) is 6.16 Å². The van der Waals surface area contributed by atoms with Crippen LogP contribution in [0, 0.1) is 0 Å². The molecule has 0 spiro atoms. The molecule has 0 aliphatic carbocycles. The number of unbranched alkanes of at least 4 members (excludes halogenated alkanes) is 2. The minimum absolute atomic E-state index is 0. The third-order valence-corrected chi connectivity index (χ3v) is 9.43. The monoisotopic (exact) mass is 454 g/mol. The molecule has 3 aromatic rings. The standard InChI is InChI=1S/C25H28OP.BrH/c1-2-3-7-14-22(26)21-27(23-15-8-4-9-16-23,24-17-10-5-11-18-24)25-19-12-6-13-20-25;/h4-6,8-13,15-20H,2-3,7,14,21H2,1H3;1H/q+1;/p-1. The largest absolute Gasteiger partial charge is 1.00 e. The molecule has 3 aromatic carbocycles. The van der Waals surface area contributed by atoms with Gasteiger partial charge in [-0.15, -0.1) is 0 Å². The summed E-state index contributed by atoms with van der Waals surface area (Å²) < 4.78 is 0. The van der Waals surface area contributed by atoms with E-state index in [1.807, 2.05) is 0 Å². The molecule has 146 valence electrons. The highest BCUT2D eigenvalue weighted by molar-refractivity contribution is 7.96. The molecule has 0 radical (unpaired) electrons. The van der Waals surface area contributed by atoms with E-state index in [1.54, 1.807) is 0 Å². The summed E-state index contributed by atoms with van der Waals surface area (Å²) in [4.78, 5) is 13.1. The van der Waals surface area contributed by atoms with E-state index in [1.165, 1.54) is 15.9 Å². The lowest BCUT2D eigenvalue weighted by atomic mass is 10.2. The number of ketones is 1. The molecule has 0 saturated carbocycles. The Morgan fingerprint density at radius 3 is 1.43 bits per heavy atom. The number of benzene rings is 3. The summed E-state index contributed by atoms with van der Waals surface area (Å²) in [5, 5.41) is 3.85. The second-order valence-corrected chi connectivity index (χ2v) is 10.5. The summed E-state index contributed by atoms with van der Waals surface area (Å²) in [6, 6.07) is 31.9. The first-order valence-corrected chi connectivity index (χ1v) is 11.8. The van der Waals surface area contributed by atoms with Gasteiger partial charge in [-0.05, 0) is 42.8 Å². The average molecular weight is 455 g/mol. The lowest BCUT2D eigenvalue weighted by molar-refractivity contribution is -0.116. The van der Waals surface area contributed by atoms with Gasteiger partial charge in [-0.1, -0.05) is 74.4 Å². The third-order valence-electron chi connectivity index (χ3n) is 5.06. The molecule has 3 rings (SSSR count). The maximum absolute atomic E-state index is 13.1. The lowest BCUT2D eigenvalue weighted by Crippen LogP contribution is -3.00. The van der Waals surface area contributed by atoms with Crippen LogP contribution in [0.4, 0.5) is 0 Å². The van der Waals surface area contributed by atoms with Crippen LogP contribution < -0.4 is 32.9 Å². The van der Waals surface area contributed by atoms with Crippen molar-refractivity contribution >= 4 is 29.0 Å². The Morgan fingerprint density at radius 1 is 0.679 bits per heavy atom. The van der Waals surface area contributed by atoms with Gasteiger partial charge in [-0.25, -0.2) is 0 Å². The van der Waals surface area contributed by atoms with Crippen LogP contribution in [0.2, 0.25) is 0 Å². The van der Waals surface area contributed by atoms with E-state index in [9.17, 15) is 4.79 Å². The summed E-state index contributed by atoms with van der Waals surface area (Å²) in [6.45, 7) is 2.18. The summed E-state index contributed by atoms with van der Waals surface area (Å²) in [5.41, 5.74) is 0. The van der Waals surface area contributed by atoms with Gasteiger partial charge < -0.3 is 17.0 Å². The molecule has 0 aromatic heterocycles. The number of carbonyl (C=O) groups excluding carboxylic acids is 1. The predicted octanol–water partition coefficient (Wildman–Crippen LogP) is 2.13. The zero-order chi connectivity index (χ0) is 19.0. The Kier molecular flexibility index (Phi) is 9.09. The van der Waals surface area contributed by atoms with Gasteiger partial charge in [-0.3, -0.25) is 4.79 Å². The van der Waals surface area contributed by atoms with Crippen LogP contribution in [0.1, 0.15) is 32.6 Å². The second kappa shape index (κ2) is 11.3. The quantitative estimate of drug-likeness (QED) is 0.357. The Morgan fingerprint density at radius 2 is 1.07 bits per heavy atom. The molecular weight excluding hydrogens is 427 g/mol.